The molecule has 1 saturated carbocycles. The Morgan fingerprint density at radius 1 is 1.33 bits per heavy atom. The zero-order chi connectivity index (χ0) is 17.0. The molecule has 3 atom stereocenters. The van der Waals surface area contributed by atoms with Crippen LogP contribution in [-0.2, 0) is 19.0 Å². The van der Waals surface area contributed by atoms with E-state index in [1.807, 2.05) is 25.1 Å². The van der Waals surface area contributed by atoms with Gasteiger partial charge in [-0.25, -0.2) is 0 Å². The molecule has 0 aromatic heterocycles. The van der Waals surface area contributed by atoms with Gasteiger partial charge in [0.25, 0.3) is 0 Å². The second-order valence-corrected chi connectivity index (χ2v) is 6.61. The molecule has 1 aromatic carbocycles. The Bertz CT molecular complexity index is 542. The van der Waals surface area contributed by atoms with Crippen molar-refractivity contribution in [2.45, 2.75) is 51.0 Å². The second-order valence-electron chi connectivity index (χ2n) is 6.61. The van der Waals surface area contributed by atoms with Crippen molar-refractivity contribution in [3.05, 3.63) is 35.9 Å². The average Bonchev–Trinajstić information content (AvgIpc) is 3.04. The number of benzene rings is 1. The standard InChI is InChI=1S/C19H27NO4/c1-3-22-18(21)16-9-10-19(23-11-12-24-19)13-17(16)20-14(2)15-7-5-4-6-8-15/h4-8,14,16-17,20H,3,9-13H2,1-2H3/t14-,16?,17-/m1/s1. The van der Waals surface area contributed by atoms with Crippen LogP contribution in [0.5, 0.6) is 0 Å². The van der Waals surface area contributed by atoms with Gasteiger partial charge >= 0.3 is 5.97 Å². The van der Waals surface area contributed by atoms with Gasteiger partial charge in [-0.1, -0.05) is 30.3 Å². The van der Waals surface area contributed by atoms with Crippen LogP contribution in [0.3, 0.4) is 0 Å². The van der Waals surface area contributed by atoms with E-state index >= 15 is 0 Å². The van der Waals surface area contributed by atoms with Crippen LogP contribution in [0.25, 0.3) is 0 Å². The van der Waals surface area contributed by atoms with E-state index in [4.69, 9.17) is 14.2 Å². The van der Waals surface area contributed by atoms with Gasteiger partial charge in [-0.2, -0.15) is 0 Å². The molecule has 0 amide bonds. The first kappa shape index (κ1) is 17.4. The molecule has 2 fully saturated rings. The molecule has 1 saturated heterocycles. The predicted molar refractivity (Wildman–Crippen MR) is 90.4 cm³/mol. The maximum Gasteiger partial charge on any atom is 0.310 e. The maximum absolute atomic E-state index is 12.4. The highest BCUT2D eigenvalue weighted by Crippen LogP contribution is 2.39. The van der Waals surface area contributed by atoms with Crippen LogP contribution in [0.2, 0.25) is 0 Å². The number of carbonyl (C=O) groups is 1. The van der Waals surface area contributed by atoms with Crippen molar-refractivity contribution in [1.29, 1.82) is 0 Å². The third-order valence-electron chi connectivity index (χ3n) is 5.02. The first-order chi connectivity index (χ1) is 11.6. The Balaban J connectivity index is 1.74. The Morgan fingerprint density at radius 3 is 2.71 bits per heavy atom. The Hall–Kier alpha value is -1.43. The minimum atomic E-state index is -0.531. The highest BCUT2D eigenvalue weighted by molar-refractivity contribution is 5.73. The Kier molecular flexibility index (Phi) is 5.54. The van der Waals surface area contributed by atoms with Crippen molar-refractivity contribution in [2.24, 2.45) is 5.92 Å². The van der Waals surface area contributed by atoms with Gasteiger partial charge in [-0.15, -0.1) is 0 Å². The van der Waals surface area contributed by atoms with Crippen LogP contribution in [0.1, 0.15) is 44.7 Å². The number of esters is 1. The fraction of sp³-hybridized carbons (Fsp3) is 0.632. The predicted octanol–water partition coefficient (Wildman–Crippen LogP) is 2.81. The summed E-state index contributed by atoms with van der Waals surface area (Å²) in [4.78, 5) is 12.4. The molecule has 5 nitrogen and oxygen atoms in total. The lowest BCUT2D eigenvalue weighted by Crippen LogP contribution is -2.52. The summed E-state index contributed by atoms with van der Waals surface area (Å²) in [5.74, 6) is -0.811. The van der Waals surface area contributed by atoms with Gasteiger partial charge in [0.1, 0.15) is 0 Å². The molecule has 1 N–H and O–H groups in total. The van der Waals surface area contributed by atoms with Crippen LogP contribution >= 0.6 is 0 Å². The summed E-state index contributed by atoms with van der Waals surface area (Å²) in [6, 6.07) is 10.4. The van der Waals surface area contributed by atoms with Crippen LogP contribution in [-0.4, -0.2) is 37.6 Å². The quantitative estimate of drug-likeness (QED) is 0.840. The molecular weight excluding hydrogens is 306 g/mol. The lowest BCUT2D eigenvalue weighted by molar-refractivity contribution is -0.194. The van der Waals surface area contributed by atoms with Gasteiger partial charge in [0.15, 0.2) is 5.79 Å². The summed E-state index contributed by atoms with van der Waals surface area (Å²) >= 11 is 0. The summed E-state index contributed by atoms with van der Waals surface area (Å²) in [6.07, 6.45) is 2.14. The highest BCUT2D eigenvalue weighted by Gasteiger charge is 2.47. The third kappa shape index (κ3) is 3.79. The number of carbonyl (C=O) groups excluding carboxylic acids is 1. The molecule has 1 heterocycles. The van der Waals surface area contributed by atoms with E-state index in [1.165, 1.54) is 5.56 Å². The summed E-state index contributed by atoms with van der Waals surface area (Å²) in [6.45, 7) is 5.64. The number of hydrogen-bond donors (Lipinski definition) is 1. The van der Waals surface area contributed by atoms with Crippen LogP contribution in [0.15, 0.2) is 30.3 Å². The van der Waals surface area contributed by atoms with Crippen molar-refractivity contribution in [3.8, 4) is 0 Å². The minimum absolute atomic E-state index is 0.0221. The topological polar surface area (TPSA) is 56.8 Å². The van der Waals surface area contributed by atoms with E-state index in [0.29, 0.717) is 26.2 Å². The monoisotopic (exact) mass is 333 g/mol. The van der Waals surface area contributed by atoms with Gasteiger partial charge in [0.05, 0.1) is 25.7 Å². The molecule has 0 radical (unpaired) electrons. The number of rotatable bonds is 5. The molecule has 1 unspecified atom stereocenters. The zero-order valence-corrected chi connectivity index (χ0v) is 14.5. The molecule has 1 aliphatic heterocycles. The first-order valence-corrected chi connectivity index (χ1v) is 8.89. The van der Waals surface area contributed by atoms with E-state index < -0.39 is 5.79 Å². The minimum Gasteiger partial charge on any atom is -0.466 e. The van der Waals surface area contributed by atoms with Crippen molar-refractivity contribution >= 4 is 5.97 Å². The molecule has 1 aromatic rings. The fourth-order valence-electron chi connectivity index (χ4n) is 3.78. The molecule has 24 heavy (non-hydrogen) atoms. The SMILES string of the molecule is CCOC(=O)C1CCC2(C[C@H]1N[C@H](C)c1ccccc1)OCCO2. The normalized spacial score (nSPS) is 27.1. The molecular formula is C19H27NO4. The first-order valence-electron chi connectivity index (χ1n) is 8.89. The largest absolute Gasteiger partial charge is 0.466 e. The van der Waals surface area contributed by atoms with E-state index in [2.05, 4.69) is 24.4 Å². The lowest BCUT2D eigenvalue weighted by Gasteiger charge is -2.41. The Labute approximate surface area is 143 Å². The molecule has 3 rings (SSSR count). The van der Waals surface area contributed by atoms with E-state index in [9.17, 15) is 4.79 Å². The highest BCUT2D eigenvalue weighted by atomic mass is 16.7. The second kappa shape index (κ2) is 7.64. The van der Waals surface area contributed by atoms with Crippen LogP contribution < -0.4 is 5.32 Å². The number of ether oxygens (including phenoxy) is 3. The third-order valence-corrected chi connectivity index (χ3v) is 5.02. The summed E-state index contributed by atoms with van der Waals surface area (Å²) in [5.41, 5.74) is 1.20. The molecule has 1 spiro atoms. The molecule has 0 bridgehead atoms. The van der Waals surface area contributed by atoms with Crippen LogP contribution in [0, 0.1) is 5.92 Å². The summed E-state index contributed by atoms with van der Waals surface area (Å²) in [7, 11) is 0. The van der Waals surface area contributed by atoms with Gasteiger partial charge in [0.2, 0.25) is 0 Å². The summed E-state index contributed by atoms with van der Waals surface area (Å²) < 4.78 is 17.0. The van der Waals surface area contributed by atoms with Crippen molar-refractivity contribution in [3.63, 3.8) is 0 Å². The van der Waals surface area contributed by atoms with E-state index in [1.54, 1.807) is 0 Å². The van der Waals surface area contributed by atoms with Crippen molar-refractivity contribution in [1.82, 2.24) is 5.32 Å². The van der Waals surface area contributed by atoms with Gasteiger partial charge in [-0.05, 0) is 25.8 Å². The van der Waals surface area contributed by atoms with E-state index in [0.717, 1.165) is 12.8 Å². The molecule has 2 aliphatic rings. The van der Waals surface area contributed by atoms with Crippen molar-refractivity contribution < 1.29 is 19.0 Å². The van der Waals surface area contributed by atoms with Gasteiger partial charge in [-0.3, -0.25) is 4.79 Å². The maximum atomic E-state index is 12.4. The molecule has 132 valence electrons. The fourth-order valence-corrected chi connectivity index (χ4v) is 3.78. The van der Waals surface area contributed by atoms with E-state index in [-0.39, 0.29) is 24.0 Å². The summed E-state index contributed by atoms with van der Waals surface area (Å²) in [5, 5.41) is 3.61. The average molecular weight is 333 g/mol. The van der Waals surface area contributed by atoms with Gasteiger partial charge < -0.3 is 19.5 Å². The lowest BCUT2D eigenvalue weighted by atomic mass is 9.80. The number of hydrogen-bond acceptors (Lipinski definition) is 5. The molecule has 1 aliphatic carbocycles. The number of nitrogens with one attached hydrogen (secondary N) is 1. The zero-order valence-electron chi connectivity index (χ0n) is 14.5. The van der Waals surface area contributed by atoms with Crippen molar-refractivity contribution in [2.75, 3.05) is 19.8 Å². The smallest absolute Gasteiger partial charge is 0.310 e. The van der Waals surface area contributed by atoms with Crippen LogP contribution in [0.4, 0.5) is 0 Å². The Morgan fingerprint density at radius 2 is 2.04 bits per heavy atom. The molecule has 5 heteroatoms. The van der Waals surface area contributed by atoms with Gasteiger partial charge in [0, 0.05) is 24.9 Å².